The van der Waals surface area contributed by atoms with E-state index in [1.165, 1.54) is 19.8 Å². The maximum Gasteiger partial charge on any atom is 0.302 e. The number of carbonyl (C=O) groups excluding carboxylic acids is 2. The van der Waals surface area contributed by atoms with Crippen molar-refractivity contribution in [2.45, 2.75) is 64.7 Å². The predicted octanol–water partition coefficient (Wildman–Crippen LogP) is 3.26. The number of carbonyl (C=O) groups is 2. The SMILES string of the molecule is CC(=O)OCCCCCC1CCCCC(=O)C1. The van der Waals surface area contributed by atoms with Crippen LogP contribution in [-0.2, 0) is 14.3 Å². The molecular weight excluding hydrogens is 216 g/mol. The van der Waals surface area contributed by atoms with Crippen LogP contribution in [-0.4, -0.2) is 18.4 Å². The Morgan fingerprint density at radius 3 is 2.88 bits per heavy atom. The van der Waals surface area contributed by atoms with Crippen LogP contribution >= 0.6 is 0 Å². The molecule has 0 spiro atoms. The first-order valence-corrected chi connectivity index (χ1v) is 6.83. The second kappa shape index (κ2) is 8.26. The molecule has 0 saturated heterocycles. The molecule has 98 valence electrons. The van der Waals surface area contributed by atoms with E-state index in [2.05, 4.69) is 0 Å². The van der Waals surface area contributed by atoms with Crippen LogP contribution in [0.5, 0.6) is 0 Å². The first-order chi connectivity index (χ1) is 8.18. The van der Waals surface area contributed by atoms with Gasteiger partial charge >= 0.3 is 5.97 Å². The van der Waals surface area contributed by atoms with Crippen LogP contribution in [0.1, 0.15) is 64.7 Å². The van der Waals surface area contributed by atoms with Crippen molar-refractivity contribution in [2.24, 2.45) is 5.92 Å². The average Bonchev–Trinajstić information content (AvgIpc) is 2.47. The summed E-state index contributed by atoms with van der Waals surface area (Å²) in [5.74, 6) is 0.866. The second-order valence-electron chi connectivity index (χ2n) is 5.04. The van der Waals surface area contributed by atoms with Crippen LogP contribution in [0.25, 0.3) is 0 Å². The summed E-state index contributed by atoms with van der Waals surface area (Å²) < 4.78 is 4.88. The Kier molecular flexibility index (Phi) is 6.90. The molecule has 17 heavy (non-hydrogen) atoms. The molecule has 0 aromatic heterocycles. The van der Waals surface area contributed by atoms with Gasteiger partial charge < -0.3 is 4.74 Å². The van der Waals surface area contributed by atoms with E-state index in [1.807, 2.05) is 0 Å². The lowest BCUT2D eigenvalue weighted by Gasteiger charge is -2.12. The van der Waals surface area contributed by atoms with Crippen molar-refractivity contribution in [3.8, 4) is 0 Å². The van der Waals surface area contributed by atoms with Gasteiger partial charge in [0.1, 0.15) is 5.78 Å². The smallest absolute Gasteiger partial charge is 0.302 e. The number of hydrogen-bond donors (Lipinski definition) is 0. The summed E-state index contributed by atoms with van der Waals surface area (Å²) in [6.45, 7) is 1.98. The minimum Gasteiger partial charge on any atom is -0.466 e. The summed E-state index contributed by atoms with van der Waals surface area (Å²) in [4.78, 5) is 22.0. The van der Waals surface area contributed by atoms with E-state index in [9.17, 15) is 9.59 Å². The van der Waals surface area contributed by atoms with Crippen LogP contribution in [0, 0.1) is 5.92 Å². The molecule has 3 nitrogen and oxygen atoms in total. The van der Waals surface area contributed by atoms with Gasteiger partial charge in [-0.2, -0.15) is 0 Å². The molecule has 0 amide bonds. The number of hydrogen-bond acceptors (Lipinski definition) is 3. The highest BCUT2D eigenvalue weighted by molar-refractivity contribution is 5.78. The zero-order valence-electron chi connectivity index (χ0n) is 10.9. The predicted molar refractivity (Wildman–Crippen MR) is 66.7 cm³/mol. The van der Waals surface area contributed by atoms with Gasteiger partial charge in [-0.3, -0.25) is 9.59 Å². The van der Waals surface area contributed by atoms with E-state index in [0.29, 0.717) is 18.3 Å². The number of ketones is 1. The topological polar surface area (TPSA) is 43.4 Å². The molecule has 0 aromatic carbocycles. The Balaban J connectivity index is 2.01. The number of Topliss-reactive ketones (excluding diaryl/α,β-unsaturated/α-hetero) is 1. The number of unbranched alkanes of at least 4 members (excludes halogenated alkanes) is 2. The Morgan fingerprint density at radius 1 is 1.29 bits per heavy atom. The van der Waals surface area contributed by atoms with Crippen molar-refractivity contribution in [1.29, 1.82) is 0 Å². The van der Waals surface area contributed by atoms with E-state index >= 15 is 0 Å². The summed E-state index contributed by atoms with van der Waals surface area (Å²) in [5.41, 5.74) is 0. The molecule has 1 rings (SSSR count). The molecule has 0 aliphatic heterocycles. The number of esters is 1. The minimum absolute atomic E-state index is 0.195. The average molecular weight is 240 g/mol. The Hall–Kier alpha value is -0.860. The summed E-state index contributed by atoms with van der Waals surface area (Å²) >= 11 is 0. The van der Waals surface area contributed by atoms with Crippen LogP contribution in [0.15, 0.2) is 0 Å². The molecule has 1 aliphatic rings. The monoisotopic (exact) mass is 240 g/mol. The lowest BCUT2D eigenvalue weighted by atomic mass is 9.93. The van der Waals surface area contributed by atoms with Gasteiger partial charge in [0.2, 0.25) is 0 Å². The molecule has 3 heteroatoms. The van der Waals surface area contributed by atoms with Crippen LogP contribution in [0.2, 0.25) is 0 Å². The molecule has 1 unspecified atom stereocenters. The van der Waals surface area contributed by atoms with Crippen LogP contribution in [0.4, 0.5) is 0 Å². The highest BCUT2D eigenvalue weighted by Gasteiger charge is 2.16. The van der Waals surface area contributed by atoms with E-state index in [4.69, 9.17) is 4.74 Å². The van der Waals surface area contributed by atoms with Crippen molar-refractivity contribution in [2.75, 3.05) is 6.61 Å². The zero-order valence-corrected chi connectivity index (χ0v) is 10.9. The van der Waals surface area contributed by atoms with E-state index in [1.54, 1.807) is 0 Å². The molecule has 1 aliphatic carbocycles. The molecule has 0 N–H and O–H groups in total. The second-order valence-corrected chi connectivity index (χ2v) is 5.04. The lowest BCUT2D eigenvalue weighted by molar-refractivity contribution is -0.141. The Morgan fingerprint density at radius 2 is 2.12 bits per heavy atom. The van der Waals surface area contributed by atoms with Crippen molar-refractivity contribution in [3.05, 3.63) is 0 Å². The van der Waals surface area contributed by atoms with Gasteiger partial charge in [-0.05, 0) is 18.8 Å². The largest absolute Gasteiger partial charge is 0.466 e. The van der Waals surface area contributed by atoms with Crippen molar-refractivity contribution in [1.82, 2.24) is 0 Å². The normalized spacial score (nSPS) is 21.0. The lowest BCUT2D eigenvalue weighted by Crippen LogP contribution is -2.05. The third kappa shape index (κ3) is 7.14. The van der Waals surface area contributed by atoms with Crippen molar-refractivity contribution < 1.29 is 14.3 Å². The molecular formula is C14H24O3. The fraction of sp³-hybridized carbons (Fsp3) is 0.857. The summed E-state index contributed by atoms with van der Waals surface area (Å²) in [6, 6.07) is 0. The van der Waals surface area contributed by atoms with E-state index in [0.717, 1.165) is 44.9 Å². The highest BCUT2D eigenvalue weighted by Crippen LogP contribution is 2.25. The molecule has 0 bridgehead atoms. The van der Waals surface area contributed by atoms with Crippen LogP contribution < -0.4 is 0 Å². The summed E-state index contributed by atoms with van der Waals surface area (Å²) in [6.07, 6.45) is 9.46. The van der Waals surface area contributed by atoms with Gasteiger partial charge in [0, 0.05) is 19.8 Å². The van der Waals surface area contributed by atoms with Gasteiger partial charge in [0.15, 0.2) is 0 Å². The van der Waals surface area contributed by atoms with Gasteiger partial charge in [0.25, 0.3) is 0 Å². The standard InChI is InChI=1S/C14H24O3/c1-12(15)17-10-6-2-3-7-13-8-4-5-9-14(16)11-13/h13H,2-11H2,1H3. The Labute approximate surface area is 104 Å². The van der Waals surface area contributed by atoms with Crippen LogP contribution in [0.3, 0.4) is 0 Å². The quantitative estimate of drug-likeness (QED) is 0.406. The number of ether oxygens (including phenoxy) is 1. The molecule has 0 heterocycles. The maximum absolute atomic E-state index is 11.4. The van der Waals surface area contributed by atoms with E-state index < -0.39 is 0 Å². The molecule has 1 atom stereocenters. The van der Waals surface area contributed by atoms with Crippen molar-refractivity contribution >= 4 is 11.8 Å². The highest BCUT2D eigenvalue weighted by atomic mass is 16.5. The first kappa shape index (κ1) is 14.2. The fourth-order valence-electron chi connectivity index (χ4n) is 2.46. The third-order valence-corrected chi connectivity index (χ3v) is 3.40. The zero-order chi connectivity index (χ0) is 12.5. The fourth-order valence-corrected chi connectivity index (χ4v) is 2.46. The summed E-state index contributed by atoms with van der Waals surface area (Å²) in [5, 5.41) is 0. The van der Waals surface area contributed by atoms with Gasteiger partial charge in [-0.25, -0.2) is 0 Å². The van der Waals surface area contributed by atoms with Gasteiger partial charge in [0.05, 0.1) is 6.61 Å². The maximum atomic E-state index is 11.4. The summed E-state index contributed by atoms with van der Waals surface area (Å²) in [7, 11) is 0. The molecule has 1 fully saturated rings. The van der Waals surface area contributed by atoms with Gasteiger partial charge in [-0.15, -0.1) is 0 Å². The minimum atomic E-state index is -0.195. The first-order valence-electron chi connectivity index (χ1n) is 6.83. The van der Waals surface area contributed by atoms with Crippen molar-refractivity contribution in [3.63, 3.8) is 0 Å². The van der Waals surface area contributed by atoms with E-state index in [-0.39, 0.29) is 5.97 Å². The third-order valence-electron chi connectivity index (χ3n) is 3.40. The molecule has 0 aromatic rings. The number of rotatable bonds is 6. The molecule has 0 radical (unpaired) electrons. The Bertz CT molecular complexity index is 248. The molecule has 1 saturated carbocycles. The van der Waals surface area contributed by atoms with Gasteiger partial charge in [-0.1, -0.05) is 32.1 Å².